The van der Waals surface area contributed by atoms with Gasteiger partial charge in [-0.15, -0.1) is 0 Å². The Bertz CT molecular complexity index is 542. The van der Waals surface area contributed by atoms with Crippen LogP contribution in [0.5, 0.6) is 5.75 Å². The predicted molar refractivity (Wildman–Crippen MR) is 74.0 cm³/mol. The molecule has 0 heterocycles. The van der Waals surface area contributed by atoms with E-state index in [0.717, 1.165) is 25.7 Å². The summed E-state index contributed by atoms with van der Waals surface area (Å²) in [5.74, 6) is 0.459. The number of aliphatic hydroxyl groups is 1. The van der Waals surface area contributed by atoms with Crippen molar-refractivity contribution in [2.45, 2.75) is 44.3 Å². The van der Waals surface area contributed by atoms with E-state index in [-0.39, 0.29) is 28.3 Å². The van der Waals surface area contributed by atoms with Crippen molar-refractivity contribution in [3.63, 3.8) is 0 Å². The van der Waals surface area contributed by atoms with Crippen LogP contribution in [-0.4, -0.2) is 22.2 Å². The Labute approximate surface area is 121 Å². The molecule has 0 aliphatic heterocycles. The number of nitro groups is 1. The van der Waals surface area contributed by atoms with Crippen LogP contribution in [0.25, 0.3) is 0 Å². The number of nitrogens with zero attached hydrogens (tertiary/aromatic N) is 1. The highest BCUT2D eigenvalue weighted by Crippen LogP contribution is 2.55. The molecule has 20 heavy (non-hydrogen) atoms. The van der Waals surface area contributed by atoms with Gasteiger partial charge in [0.25, 0.3) is 5.69 Å². The van der Waals surface area contributed by atoms with Gasteiger partial charge in [-0.05, 0) is 18.9 Å². The van der Waals surface area contributed by atoms with E-state index in [2.05, 4.69) is 0 Å². The summed E-state index contributed by atoms with van der Waals surface area (Å²) in [5, 5.41) is 20.9. The SMILES string of the molecule is O=[N+]([O-])c1ccc(OC2CC(O)C23CCCC3)c(Cl)c1. The number of ether oxygens (including phenoxy) is 1. The monoisotopic (exact) mass is 297 g/mol. The zero-order valence-electron chi connectivity index (χ0n) is 10.9. The first-order valence-corrected chi connectivity index (χ1v) is 7.19. The lowest BCUT2D eigenvalue weighted by Crippen LogP contribution is -2.58. The Morgan fingerprint density at radius 3 is 2.65 bits per heavy atom. The maximum atomic E-state index is 10.7. The van der Waals surface area contributed by atoms with E-state index in [9.17, 15) is 15.2 Å². The largest absolute Gasteiger partial charge is 0.488 e. The first kappa shape index (κ1) is 13.6. The molecular weight excluding hydrogens is 282 g/mol. The van der Waals surface area contributed by atoms with Gasteiger partial charge >= 0.3 is 0 Å². The highest BCUT2D eigenvalue weighted by atomic mass is 35.5. The fraction of sp³-hybridized carbons (Fsp3) is 0.571. The third-order valence-electron chi connectivity index (χ3n) is 4.67. The molecule has 1 N–H and O–H groups in total. The van der Waals surface area contributed by atoms with Gasteiger partial charge in [-0.25, -0.2) is 0 Å². The first-order chi connectivity index (χ1) is 9.53. The molecular formula is C14H16ClNO4. The summed E-state index contributed by atoms with van der Waals surface area (Å²) in [6, 6.07) is 4.22. The van der Waals surface area contributed by atoms with Gasteiger partial charge in [-0.3, -0.25) is 10.1 Å². The van der Waals surface area contributed by atoms with E-state index in [4.69, 9.17) is 16.3 Å². The zero-order valence-corrected chi connectivity index (χ0v) is 11.7. The van der Waals surface area contributed by atoms with Crippen LogP contribution in [0.4, 0.5) is 5.69 Å². The van der Waals surface area contributed by atoms with Crippen LogP contribution >= 0.6 is 11.6 Å². The lowest BCUT2D eigenvalue weighted by molar-refractivity contribution is -0.384. The number of hydrogen-bond acceptors (Lipinski definition) is 4. The molecule has 2 atom stereocenters. The third-order valence-corrected chi connectivity index (χ3v) is 4.97. The molecule has 6 heteroatoms. The molecule has 1 aromatic carbocycles. The van der Waals surface area contributed by atoms with E-state index in [0.29, 0.717) is 12.2 Å². The molecule has 1 spiro atoms. The first-order valence-electron chi connectivity index (χ1n) is 6.81. The molecule has 0 radical (unpaired) electrons. The predicted octanol–water partition coefficient (Wildman–Crippen LogP) is 3.32. The summed E-state index contributed by atoms with van der Waals surface area (Å²) in [7, 11) is 0. The Morgan fingerprint density at radius 1 is 1.40 bits per heavy atom. The van der Waals surface area contributed by atoms with Gasteiger partial charge < -0.3 is 9.84 Å². The minimum atomic E-state index is -0.485. The van der Waals surface area contributed by atoms with Crippen LogP contribution in [0.15, 0.2) is 18.2 Å². The highest BCUT2D eigenvalue weighted by Gasteiger charge is 2.57. The molecule has 2 fully saturated rings. The molecule has 2 aliphatic rings. The summed E-state index contributed by atoms with van der Waals surface area (Å²) >= 11 is 6.04. The minimum Gasteiger partial charge on any atom is -0.488 e. The van der Waals surface area contributed by atoms with Crippen LogP contribution in [-0.2, 0) is 0 Å². The summed E-state index contributed by atoms with van der Waals surface area (Å²) in [6.07, 6.45) is 4.45. The van der Waals surface area contributed by atoms with Crippen molar-refractivity contribution >= 4 is 17.3 Å². The second-order valence-electron chi connectivity index (χ2n) is 5.67. The van der Waals surface area contributed by atoms with Gasteiger partial charge in [0.15, 0.2) is 0 Å². The van der Waals surface area contributed by atoms with E-state index in [1.807, 2.05) is 0 Å². The molecule has 0 bridgehead atoms. The van der Waals surface area contributed by atoms with Crippen LogP contribution < -0.4 is 4.74 Å². The number of halogens is 1. The van der Waals surface area contributed by atoms with Crippen LogP contribution in [0.2, 0.25) is 5.02 Å². The van der Waals surface area contributed by atoms with Gasteiger partial charge in [0.1, 0.15) is 11.9 Å². The lowest BCUT2D eigenvalue weighted by Gasteiger charge is -2.51. The molecule has 3 rings (SSSR count). The third kappa shape index (κ3) is 2.05. The summed E-state index contributed by atoms with van der Waals surface area (Å²) in [6.45, 7) is 0. The second kappa shape index (κ2) is 4.90. The number of non-ortho nitro benzene ring substituents is 1. The van der Waals surface area contributed by atoms with Crippen molar-refractivity contribution in [1.82, 2.24) is 0 Å². The Balaban J connectivity index is 1.77. The van der Waals surface area contributed by atoms with Crippen LogP contribution in [0.1, 0.15) is 32.1 Å². The Morgan fingerprint density at radius 2 is 2.10 bits per heavy atom. The molecule has 0 saturated heterocycles. The zero-order chi connectivity index (χ0) is 14.3. The average molecular weight is 298 g/mol. The molecule has 0 amide bonds. The van der Waals surface area contributed by atoms with E-state index in [1.54, 1.807) is 0 Å². The minimum absolute atomic E-state index is 0.0426. The molecule has 1 aromatic rings. The maximum absolute atomic E-state index is 10.7. The average Bonchev–Trinajstić information content (AvgIpc) is 2.92. The van der Waals surface area contributed by atoms with Gasteiger partial charge in [0.2, 0.25) is 0 Å². The molecule has 2 aliphatic carbocycles. The van der Waals surface area contributed by atoms with E-state index >= 15 is 0 Å². The van der Waals surface area contributed by atoms with Crippen molar-refractivity contribution < 1.29 is 14.8 Å². The van der Waals surface area contributed by atoms with Crippen LogP contribution in [0.3, 0.4) is 0 Å². The molecule has 5 nitrogen and oxygen atoms in total. The van der Waals surface area contributed by atoms with Crippen molar-refractivity contribution in [3.05, 3.63) is 33.3 Å². The van der Waals surface area contributed by atoms with Crippen molar-refractivity contribution in [2.75, 3.05) is 0 Å². The molecule has 2 saturated carbocycles. The molecule has 2 unspecified atom stereocenters. The van der Waals surface area contributed by atoms with E-state index < -0.39 is 4.92 Å². The fourth-order valence-electron chi connectivity index (χ4n) is 3.43. The standard InChI is InChI=1S/C14H16ClNO4/c15-10-7-9(16(18)19)3-4-11(10)20-13-8-12(17)14(13)5-1-2-6-14/h3-4,7,12-13,17H,1-2,5-6,8H2. The Hall–Kier alpha value is -1.33. The van der Waals surface area contributed by atoms with Gasteiger partial charge in [0.05, 0.1) is 16.0 Å². The quantitative estimate of drug-likeness (QED) is 0.686. The number of rotatable bonds is 3. The van der Waals surface area contributed by atoms with Crippen molar-refractivity contribution in [3.8, 4) is 5.75 Å². The maximum Gasteiger partial charge on any atom is 0.271 e. The van der Waals surface area contributed by atoms with Gasteiger partial charge in [0, 0.05) is 24.0 Å². The second-order valence-corrected chi connectivity index (χ2v) is 6.08. The normalized spacial score (nSPS) is 27.3. The highest BCUT2D eigenvalue weighted by molar-refractivity contribution is 6.32. The fourth-order valence-corrected chi connectivity index (χ4v) is 3.65. The summed E-state index contributed by atoms with van der Waals surface area (Å²) in [4.78, 5) is 10.2. The topological polar surface area (TPSA) is 72.6 Å². The summed E-state index contributed by atoms with van der Waals surface area (Å²) < 4.78 is 5.91. The van der Waals surface area contributed by atoms with Gasteiger partial charge in [-0.2, -0.15) is 0 Å². The Kier molecular flexibility index (Phi) is 3.34. The summed E-state index contributed by atoms with van der Waals surface area (Å²) in [5.41, 5.74) is -0.183. The van der Waals surface area contributed by atoms with Gasteiger partial charge in [-0.1, -0.05) is 24.4 Å². The van der Waals surface area contributed by atoms with Crippen LogP contribution in [0, 0.1) is 15.5 Å². The number of hydrogen-bond donors (Lipinski definition) is 1. The number of benzene rings is 1. The molecule has 108 valence electrons. The van der Waals surface area contributed by atoms with Crippen molar-refractivity contribution in [2.24, 2.45) is 5.41 Å². The van der Waals surface area contributed by atoms with E-state index in [1.165, 1.54) is 18.2 Å². The smallest absolute Gasteiger partial charge is 0.271 e. The van der Waals surface area contributed by atoms with Crippen molar-refractivity contribution in [1.29, 1.82) is 0 Å². The lowest BCUT2D eigenvalue weighted by atomic mass is 9.62. The molecule has 0 aromatic heterocycles. The number of nitro benzene ring substituents is 1. The number of aliphatic hydroxyl groups excluding tert-OH is 1.